The molecule has 1 N–H and O–H groups in total. The Morgan fingerprint density at radius 1 is 1.03 bits per heavy atom. The summed E-state index contributed by atoms with van der Waals surface area (Å²) in [5, 5.41) is 3.11. The number of carbonyl (C=O) groups excluding carboxylic acids is 2. The highest BCUT2D eigenvalue weighted by atomic mass is 16.5. The van der Waals surface area contributed by atoms with Crippen molar-refractivity contribution in [3.05, 3.63) is 29.8 Å². The zero-order valence-corrected chi connectivity index (χ0v) is 19.4. The van der Waals surface area contributed by atoms with Gasteiger partial charge in [-0.25, -0.2) is 0 Å². The van der Waals surface area contributed by atoms with Gasteiger partial charge in [-0.3, -0.25) is 9.59 Å². The first-order valence-electron chi connectivity index (χ1n) is 11.9. The van der Waals surface area contributed by atoms with Crippen LogP contribution in [0.15, 0.2) is 24.3 Å². The van der Waals surface area contributed by atoms with Gasteiger partial charge in [0.1, 0.15) is 5.75 Å². The maximum absolute atomic E-state index is 12.7. The summed E-state index contributed by atoms with van der Waals surface area (Å²) >= 11 is 0. The summed E-state index contributed by atoms with van der Waals surface area (Å²) in [5.74, 6) is 2.04. The van der Waals surface area contributed by atoms with Crippen LogP contribution in [0.3, 0.4) is 0 Å². The molecule has 0 saturated carbocycles. The van der Waals surface area contributed by atoms with E-state index in [1.165, 1.54) is 0 Å². The Bertz CT molecular complexity index is 703. The number of piperidine rings is 2. The SMILES string of the molecule is COc1ccc(CC(=O)N2CCC(N3CCC(C(=O)NCCC(C)C)CC3)CC2)cc1. The van der Waals surface area contributed by atoms with Crippen LogP contribution in [-0.4, -0.2) is 67.5 Å². The zero-order chi connectivity index (χ0) is 22.2. The summed E-state index contributed by atoms with van der Waals surface area (Å²) < 4.78 is 5.18. The summed E-state index contributed by atoms with van der Waals surface area (Å²) in [5.41, 5.74) is 1.03. The van der Waals surface area contributed by atoms with E-state index in [0.717, 1.165) is 76.1 Å². The number of nitrogens with zero attached hydrogens (tertiary/aromatic N) is 2. The number of methoxy groups -OCH3 is 1. The topological polar surface area (TPSA) is 61.9 Å². The highest BCUT2D eigenvalue weighted by Gasteiger charge is 2.31. The van der Waals surface area contributed by atoms with Gasteiger partial charge in [0.2, 0.25) is 11.8 Å². The van der Waals surface area contributed by atoms with E-state index in [0.29, 0.717) is 18.4 Å². The van der Waals surface area contributed by atoms with Gasteiger partial charge in [-0.15, -0.1) is 0 Å². The van der Waals surface area contributed by atoms with Crippen molar-refractivity contribution in [2.45, 2.75) is 58.4 Å². The molecule has 2 heterocycles. The Labute approximate surface area is 187 Å². The minimum absolute atomic E-state index is 0.162. The van der Waals surface area contributed by atoms with Crippen molar-refractivity contribution >= 4 is 11.8 Å². The maximum atomic E-state index is 12.7. The molecule has 0 unspecified atom stereocenters. The van der Waals surface area contributed by atoms with E-state index in [-0.39, 0.29) is 17.7 Å². The van der Waals surface area contributed by atoms with Crippen molar-refractivity contribution in [3.63, 3.8) is 0 Å². The molecule has 0 radical (unpaired) electrons. The van der Waals surface area contributed by atoms with Crippen molar-refractivity contribution in [2.75, 3.05) is 39.8 Å². The highest BCUT2D eigenvalue weighted by Crippen LogP contribution is 2.24. The summed E-state index contributed by atoms with van der Waals surface area (Å²) in [6.07, 6.45) is 5.44. The summed E-state index contributed by atoms with van der Waals surface area (Å²) in [6, 6.07) is 8.28. The number of hydrogen-bond donors (Lipinski definition) is 1. The van der Waals surface area contributed by atoms with E-state index in [1.807, 2.05) is 29.2 Å². The molecule has 31 heavy (non-hydrogen) atoms. The van der Waals surface area contributed by atoms with Gasteiger partial charge in [0.25, 0.3) is 0 Å². The average molecular weight is 430 g/mol. The van der Waals surface area contributed by atoms with E-state index in [9.17, 15) is 9.59 Å². The Morgan fingerprint density at radius 2 is 1.68 bits per heavy atom. The number of carbonyl (C=O) groups is 2. The van der Waals surface area contributed by atoms with Crippen LogP contribution in [0.5, 0.6) is 5.75 Å². The number of likely N-dealkylation sites (tertiary alicyclic amines) is 2. The van der Waals surface area contributed by atoms with Crippen molar-refractivity contribution < 1.29 is 14.3 Å². The number of benzene rings is 1. The lowest BCUT2D eigenvalue weighted by molar-refractivity contribution is -0.132. The molecule has 6 nitrogen and oxygen atoms in total. The minimum Gasteiger partial charge on any atom is -0.497 e. The molecule has 172 valence electrons. The van der Waals surface area contributed by atoms with Crippen LogP contribution >= 0.6 is 0 Å². The fourth-order valence-electron chi connectivity index (χ4n) is 4.67. The Hall–Kier alpha value is -2.08. The van der Waals surface area contributed by atoms with E-state index < -0.39 is 0 Å². The van der Waals surface area contributed by atoms with Gasteiger partial charge >= 0.3 is 0 Å². The Kier molecular flexibility index (Phi) is 8.76. The molecule has 0 aliphatic carbocycles. The van der Waals surface area contributed by atoms with Crippen LogP contribution in [-0.2, 0) is 16.0 Å². The summed E-state index contributed by atoms with van der Waals surface area (Å²) in [7, 11) is 1.65. The lowest BCUT2D eigenvalue weighted by Gasteiger charge is -2.41. The normalized spacial score (nSPS) is 18.9. The third-order valence-corrected chi connectivity index (χ3v) is 6.77. The number of hydrogen-bond acceptors (Lipinski definition) is 4. The van der Waals surface area contributed by atoms with Gasteiger partial charge < -0.3 is 19.9 Å². The van der Waals surface area contributed by atoms with Crippen molar-refractivity contribution in [1.82, 2.24) is 15.1 Å². The van der Waals surface area contributed by atoms with Crippen LogP contribution in [0, 0.1) is 11.8 Å². The molecule has 2 aliphatic rings. The molecule has 1 aromatic carbocycles. The van der Waals surface area contributed by atoms with Crippen LogP contribution in [0.4, 0.5) is 0 Å². The third-order valence-electron chi connectivity index (χ3n) is 6.77. The van der Waals surface area contributed by atoms with E-state index in [1.54, 1.807) is 7.11 Å². The van der Waals surface area contributed by atoms with E-state index in [4.69, 9.17) is 4.74 Å². The highest BCUT2D eigenvalue weighted by molar-refractivity contribution is 5.79. The van der Waals surface area contributed by atoms with Gasteiger partial charge in [0.05, 0.1) is 13.5 Å². The predicted molar refractivity (Wildman–Crippen MR) is 123 cm³/mol. The predicted octanol–water partition coefficient (Wildman–Crippen LogP) is 3.10. The van der Waals surface area contributed by atoms with Gasteiger partial charge in [0.15, 0.2) is 0 Å². The van der Waals surface area contributed by atoms with Crippen LogP contribution in [0.25, 0.3) is 0 Å². The monoisotopic (exact) mass is 429 g/mol. The lowest BCUT2D eigenvalue weighted by Crippen LogP contribution is -2.50. The van der Waals surface area contributed by atoms with Gasteiger partial charge in [-0.2, -0.15) is 0 Å². The van der Waals surface area contributed by atoms with Crippen LogP contribution in [0.2, 0.25) is 0 Å². The Balaban J connectivity index is 1.37. The molecule has 0 aromatic heterocycles. The first-order chi connectivity index (χ1) is 15.0. The molecule has 2 fully saturated rings. The molecule has 0 spiro atoms. The maximum Gasteiger partial charge on any atom is 0.226 e. The molecule has 3 rings (SSSR count). The minimum atomic E-state index is 0.162. The molecular weight excluding hydrogens is 390 g/mol. The fraction of sp³-hybridized carbons (Fsp3) is 0.680. The van der Waals surface area contributed by atoms with E-state index >= 15 is 0 Å². The van der Waals surface area contributed by atoms with Gasteiger partial charge in [0, 0.05) is 31.6 Å². The number of nitrogens with one attached hydrogen (secondary N) is 1. The van der Waals surface area contributed by atoms with Crippen LogP contribution in [0.1, 0.15) is 51.5 Å². The van der Waals surface area contributed by atoms with E-state index in [2.05, 4.69) is 24.1 Å². The Morgan fingerprint density at radius 3 is 2.26 bits per heavy atom. The fourth-order valence-corrected chi connectivity index (χ4v) is 4.67. The zero-order valence-electron chi connectivity index (χ0n) is 19.4. The second-order valence-corrected chi connectivity index (χ2v) is 9.42. The molecule has 0 bridgehead atoms. The number of amides is 2. The van der Waals surface area contributed by atoms with Gasteiger partial charge in [-0.05, 0) is 68.8 Å². The summed E-state index contributed by atoms with van der Waals surface area (Å²) in [4.78, 5) is 29.6. The van der Waals surface area contributed by atoms with Crippen molar-refractivity contribution in [3.8, 4) is 5.75 Å². The second kappa shape index (κ2) is 11.5. The average Bonchev–Trinajstić information content (AvgIpc) is 2.79. The number of rotatable bonds is 8. The second-order valence-electron chi connectivity index (χ2n) is 9.42. The third kappa shape index (κ3) is 6.96. The van der Waals surface area contributed by atoms with Crippen molar-refractivity contribution in [1.29, 1.82) is 0 Å². The smallest absolute Gasteiger partial charge is 0.226 e. The van der Waals surface area contributed by atoms with Gasteiger partial charge in [-0.1, -0.05) is 26.0 Å². The molecule has 2 aliphatic heterocycles. The molecule has 0 atom stereocenters. The molecule has 2 saturated heterocycles. The lowest BCUT2D eigenvalue weighted by atomic mass is 9.92. The molecule has 6 heteroatoms. The molecule has 2 amide bonds. The van der Waals surface area contributed by atoms with Crippen LogP contribution < -0.4 is 10.1 Å². The molecular formula is C25H39N3O3. The first-order valence-corrected chi connectivity index (χ1v) is 11.9. The quantitative estimate of drug-likeness (QED) is 0.690. The molecule has 1 aromatic rings. The largest absolute Gasteiger partial charge is 0.497 e. The summed E-state index contributed by atoms with van der Waals surface area (Å²) in [6.45, 7) is 8.80. The van der Waals surface area contributed by atoms with Crippen molar-refractivity contribution in [2.24, 2.45) is 11.8 Å². The number of ether oxygens (including phenoxy) is 1. The first kappa shape index (κ1) is 23.6. The standard InChI is InChI=1S/C25H39N3O3/c1-19(2)8-13-26-25(30)21-9-14-27(15-10-21)22-11-16-28(17-12-22)24(29)18-20-4-6-23(31-3)7-5-20/h4-7,19,21-22H,8-18H2,1-3H3,(H,26,30).